The summed E-state index contributed by atoms with van der Waals surface area (Å²) in [4.78, 5) is 18.8. The van der Waals surface area contributed by atoms with E-state index in [1.165, 1.54) is 41.6 Å². The first-order valence-corrected chi connectivity index (χ1v) is 25.0. The van der Waals surface area contributed by atoms with Gasteiger partial charge in [0.15, 0.2) is 0 Å². The first kappa shape index (κ1) is 21.6. The van der Waals surface area contributed by atoms with Crippen LogP contribution in [0.2, 0.25) is 42.3 Å². The van der Waals surface area contributed by atoms with Gasteiger partial charge in [0.05, 0.1) is 0 Å². The zero-order chi connectivity index (χ0) is 27.7. The van der Waals surface area contributed by atoms with Crippen LogP contribution in [0.5, 0.6) is 0 Å². The number of benzene rings is 1. The minimum atomic E-state index is -4.45. The summed E-state index contributed by atoms with van der Waals surface area (Å²) in [5.74, 6) is 4.03. The van der Waals surface area contributed by atoms with Crippen LogP contribution in [0, 0.1) is 29.1 Å². The van der Waals surface area contributed by atoms with Gasteiger partial charge in [0.25, 0.3) is 0 Å². The Hall–Kier alpha value is -1.10. The normalized spacial score (nSPS) is 72.5. The van der Waals surface area contributed by atoms with Crippen molar-refractivity contribution in [3.8, 4) is 0 Å². The van der Waals surface area contributed by atoms with Gasteiger partial charge in [-0.05, 0) is 0 Å². The van der Waals surface area contributed by atoms with Crippen LogP contribution in [0.15, 0.2) is 79.1 Å². The van der Waals surface area contributed by atoms with E-state index in [0.717, 1.165) is 33.3 Å². The fourth-order valence-corrected chi connectivity index (χ4v) is 113. The van der Waals surface area contributed by atoms with Crippen molar-refractivity contribution in [2.24, 2.45) is 29.1 Å². The maximum atomic E-state index is 5.38. The average molecular weight is 643 g/mol. The van der Waals surface area contributed by atoms with Gasteiger partial charge >= 0.3 is 250 Å². The molecular formula is C38H40FeN2P2. The Labute approximate surface area is 249 Å². The average Bonchev–Trinajstić information content (AvgIpc) is 4.00. The Morgan fingerprint density at radius 3 is 1.70 bits per heavy atom. The third-order valence-electron chi connectivity index (χ3n) is 24.5. The van der Waals surface area contributed by atoms with E-state index in [-0.39, 0.29) is 5.16 Å². The van der Waals surface area contributed by atoms with Gasteiger partial charge in [0.1, 0.15) is 0 Å². The SMILES string of the molecule is PCC1([C]23[CH]4[C]5(c6ccccc6)[CH]6[C]2(C(P)(c2ccccn2)c2ccccn2)[Fe]64532789[CH]3[CH]2[CH]7[CH]8[CH]39)C2CC3CC(C2)CC1C3. The molecule has 4 aliphatic carbocycles. The standard InChI is InChI=1S/C33H35N2P2.C5H5.Fe/c36-21-32(26-15-22-14-23(17-26)18-27(32)16-22)28-19-25(24-8-2-1-3-9-24)20-29(28)33(37,30-10-4-6-12-34-30)31-11-5-7-13-35-31;1-2-4-5-3-1;/h1-13,19-20,22-23,26-27H,14-18,21,36-37H2;1-5H;. The molecule has 12 heterocycles. The molecule has 14 aliphatic rings. The molecule has 4 bridgehead atoms. The van der Waals surface area contributed by atoms with Crippen molar-refractivity contribution in [3.05, 3.63) is 96.1 Å². The van der Waals surface area contributed by atoms with Crippen LogP contribution in [0.3, 0.4) is 0 Å². The van der Waals surface area contributed by atoms with Crippen molar-refractivity contribution in [1.29, 1.82) is 0 Å². The Kier molecular flexibility index (Phi) is 1.75. The number of hydrogen-bond donors (Lipinski definition) is 0. The fourth-order valence-electron chi connectivity index (χ4n) is 27.7. The van der Waals surface area contributed by atoms with E-state index < -0.39 is 6.51 Å². The van der Waals surface area contributed by atoms with Crippen LogP contribution >= 0.6 is 18.5 Å². The molecule has 7 unspecified atom stereocenters. The molecule has 0 radical (unpaired) electrons. The number of pyridine rings is 2. The van der Waals surface area contributed by atoms with Gasteiger partial charge in [0.2, 0.25) is 0 Å². The molecule has 0 N–H and O–H groups in total. The second-order valence-electron chi connectivity index (χ2n) is 20.0. The van der Waals surface area contributed by atoms with Gasteiger partial charge in [-0.25, -0.2) is 0 Å². The molecule has 5 heteroatoms. The summed E-state index contributed by atoms with van der Waals surface area (Å²) >= 11 is 0. The summed E-state index contributed by atoms with van der Waals surface area (Å²) in [7, 11) is 7.25. The van der Waals surface area contributed by atoms with Crippen LogP contribution < -0.4 is 0 Å². The zero-order valence-electron chi connectivity index (χ0n) is 24.5. The Bertz CT molecular complexity index is 2260. The molecule has 7 atom stereocenters. The van der Waals surface area contributed by atoms with E-state index in [1.54, 1.807) is 32.1 Å². The van der Waals surface area contributed by atoms with Gasteiger partial charge in [0, 0.05) is 0 Å². The predicted molar refractivity (Wildman–Crippen MR) is 173 cm³/mol. The van der Waals surface area contributed by atoms with E-state index in [2.05, 4.69) is 97.6 Å². The van der Waals surface area contributed by atoms with E-state index >= 15 is 0 Å². The Balaban J connectivity index is 1.13. The zero-order valence-corrected chi connectivity index (χ0v) is 27.9. The molecule has 3 aromatic rings. The maximum absolute atomic E-state index is 5.38. The van der Waals surface area contributed by atoms with Crippen molar-refractivity contribution in [2.45, 2.75) is 83.9 Å². The summed E-state index contributed by atoms with van der Waals surface area (Å²) < 4.78 is 1.73. The molecule has 1 spiro atoms. The summed E-state index contributed by atoms with van der Waals surface area (Å²) in [6, 6.07) is 26.2. The molecule has 10 saturated heterocycles. The molecular weight excluding hydrogens is 602 g/mol. The van der Waals surface area contributed by atoms with Crippen LogP contribution in [0.4, 0.5) is 0 Å². The molecule has 14 fully saturated rings. The number of hydrogen-bond acceptors (Lipinski definition) is 2. The van der Waals surface area contributed by atoms with E-state index in [4.69, 9.17) is 9.97 Å². The third-order valence-corrected chi connectivity index (χ3v) is 70.0. The number of rotatable bonds is 6. The molecule has 2 nitrogen and oxygen atoms in total. The molecule has 10 aliphatic heterocycles. The topological polar surface area (TPSA) is 25.8 Å². The first-order chi connectivity index (χ1) is 20.9. The van der Waals surface area contributed by atoms with Crippen molar-refractivity contribution in [1.82, 2.24) is 9.97 Å². The summed E-state index contributed by atoms with van der Waals surface area (Å²) in [5, 5.41) is -0.150. The van der Waals surface area contributed by atoms with Crippen molar-refractivity contribution in [3.63, 3.8) is 0 Å². The van der Waals surface area contributed by atoms with Gasteiger partial charge in [-0.15, -0.1) is 0 Å². The minimum absolute atomic E-state index is 0.150. The molecule has 1 aromatic carbocycles. The van der Waals surface area contributed by atoms with Gasteiger partial charge in [-0.2, -0.15) is 0 Å². The summed E-state index contributed by atoms with van der Waals surface area (Å²) in [5.41, 5.74) is 5.09. The van der Waals surface area contributed by atoms with Crippen LogP contribution in [0.25, 0.3) is 0 Å². The third kappa shape index (κ3) is 0.555. The number of fused-ring (bicyclic) bond motifs is 11. The van der Waals surface area contributed by atoms with E-state index in [1.807, 2.05) is 5.56 Å². The fraction of sp³-hybridized carbons (Fsp3) is 0.579. The monoisotopic (exact) mass is 642 g/mol. The second-order valence-corrected chi connectivity index (χ2v) is 44.1. The molecule has 17 rings (SSSR count). The molecule has 0 amide bonds. The predicted octanol–water partition coefficient (Wildman–Crippen LogP) is 9.15. The molecule has 2 aromatic heterocycles. The van der Waals surface area contributed by atoms with E-state index in [0.29, 0.717) is 18.4 Å². The Morgan fingerprint density at radius 1 is 0.698 bits per heavy atom. The first-order valence-electron chi connectivity index (χ1n) is 17.4. The van der Waals surface area contributed by atoms with Gasteiger partial charge < -0.3 is 0 Å². The number of aromatic nitrogens is 2. The molecule has 43 heavy (non-hydrogen) atoms. The molecule has 4 saturated carbocycles. The van der Waals surface area contributed by atoms with E-state index in [9.17, 15) is 0 Å². The van der Waals surface area contributed by atoms with Gasteiger partial charge in [-0.3, -0.25) is 0 Å². The van der Waals surface area contributed by atoms with Gasteiger partial charge in [-0.1, -0.05) is 0 Å². The summed E-state index contributed by atoms with van der Waals surface area (Å²) in [6.45, 7) is -4.45. The van der Waals surface area contributed by atoms with Crippen LogP contribution in [0.1, 0.15) is 49.1 Å². The van der Waals surface area contributed by atoms with Crippen molar-refractivity contribution in [2.75, 3.05) is 6.16 Å². The quantitative estimate of drug-likeness (QED) is 0.198. The van der Waals surface area contributed by atoms with Crippen molar-refractivity contribution < 1.29 is 6.51 Å². The molecule has 220 valence electrons. The van der Waals surface area contributed by atoms with Crippen molar-refractivity contribution >= 4 is 18.5 Å². The van der Waals surface area contributed by atoms with Crippen LogP contribution in [-0.4, -0.2) is 16.1 Å². The summed E-state index contributed by atoms with van der Waals surface area (Å²) in [6.07, 6.45) is 13.4. The van der Waals surface area contributed by atoms with Crippen LogP contribution in [-0.2, 0) is 16.0 Å². The second kappa shape index (κ2) is 3.47. The Morgan fingerprint density at radius 2 is 1.23 bits per heavy atom. The number of nitrogens with zero attached hydrogens (tertiary/aromatic N) is 2.